The number of carboxylic acid groups (broad SMARTS) is 1. The predicted molar refractivity (Wildman–Crippen MR) is 261 cm³/mol. The van der Waals surface area contributed by atoms with Gasteiger partial charge in [-0.25, -0.2) is 46.9 Å². The van der Waals surface area contributed by atoms with E-state index in [-0.39, 0.29) is 166 Å². The van der Waals surface area contributed by atoms with E-state index in [1.54, 1.807) is 27.7 Å². The van der Waals surface area contributed by atoms with E-state index in [2.05, 4.69) is 50.8 Å². The van der Waals surface area contributed by atoms with Gasteiger partial charge in [0, 0.05) is 21.7 Å². The van der Waals surface area contributed by atoms with Gasteiger partial charge in [0.15, 0.2) is 25.0 Å². The summed E-state index contributed by atoms with van der Waals surface area (Å²) in [5.41, 5.74) is 28.0. The van der Waals surface area contributed by atoms with Crippen molar-refractivity contribution in [1.82, 2.24) is 0 Å². The third kappa shape index (κ3) is 37.4. The van der Waals surface area contributed by atoms with Gasteiger partial charge in [0.1, 0.15) is 24.6 Å². The average molecular weight is 1430 g/mol. The molecule has 5 heterocycles. The standard InChI is InChI=1S/C37H55N9O17S.5Na.4H2O4S/c1-13-14(2)26(43-46-40)35(55-19(13)7)59-28-15(3)16(4)33(61-31(28)32(48)49)57-24-11-23(41-44-38)34(56-20(24)8)60-29-18(6)30(63-64(50,51)52)37(62-36(29)53-12-47)58-27-17(5)25(42-45-39)21(9)54-22(27)10;;;;;;4*1-5(2,3)4/h11-31,33-37H,7-8,10H2,1-6,9H3,(H,48,49)(H,50,51,52);;;;;;4*(H2,1,2,3,4)/q-4;5*+1;;;;/p-5/t13-,14+,15-,16?,17-,18+,19?,20?,21+,22?,23?,24-,25?,26?,27-,28-,29-,30?,31?,33-,34+,35+,36?,37-;;;;;;;;;/m1........./s1. The fourth-order valence-corrected chi connectivity index (χ4v) is 9.18. The van der Waals surface area contributed by atoms with Gasteiger partial charge in [-0.15, -0.1) is 5.11 Å². The summed E-state index contributed by atoms with van der Waals surface area (Å²) in [6, 6.07) is -2.89. The van der Waals surface area contributed by atoms with Gasteiger partial charge in [0.25, 0.3) is 6.47 Å². The molecule has 0 bridgehead atoms. The summed E-state index contributed by atoms with van der Waals surface area (Å²) in [5, 5.41) is 21.7. The van der Waals surface area contributed by atoms with E-state index in [1.807, 2.05) is 13.8 Å². The van der Waals surface area contributed by atoms with Gasteiger partial charge in [-0.3, -0.25) is 33.6 Å². The molecule has 89 heavy (non-hydrogen) atoms. The second-order valence-electron chi connectivity index (χ2n) is 18.4. The first-order valence-electron chi connectivity index (χ1n) is 23.2. The molecule has 5 saturated heterocycles. The van der Waals surface area contributed by atoms with E-state index in [9.17, 15) is 38.7 Å². The molecule has 5 aliphatic heterocycles. The van der Waals surface area contributed by atoms with Crippen molar-refractivity contribution in [2.75, 3.05) is 0 Å². The van der Waals surface area contributed by atoms with Gasteiger partial charge >= 0.3 is 154 Å². The summed E-state index contributed by atoms with van der Waals surface area (Å²) in [6.45, 7) is 23.9. The zero-order valence-electron chi connectivity index (χ0n) is 49.4. The second kappa shape index (κ2) is 44.0. The number of carbonyl (C=O) groups is 2. The van der Waals surface area contributed by atoms with E-state index < -0.39 is 192 Å². The van der Waals surface area contributed by atoms with E-state index in [0.29, 0.717) is 0 Å². The van der Waals surface area contributed by atoms with Crippen molar-refractivity contribution in [3.8, 4) is 0 Å². The number of azide groups is 3. The molecule has 0 aromatic rings. The summed E-state index contributed by atoms with van der Waals surface area (Å²) < 4.78 is 232. The molecule has 5 fully saturated rings. The Bertz CT molecular complexity index is 2760. The molecule has 52 heteroatoms. The number of nitrogens with zero attached hydrogens (tertiary/aromatic N) is 9. The van der Waals surface area contributed by atoms with E-state index in [0.717, 1.165) is 0 Å². The monoisotopic (exact) mass is 1430 g/mol. The average Bonchev–Trinajstić information content (AvgIpc) is 1.82. The summed E-state index contributed by atoms with van der Waals surface area (Å²) in [5.74, 6) is -4.67. The van der Waals surface area contributed by atoms with Crippen LogP contribution in [0.25, 0.3) is 31.3 Å². The molecular weight excluding hydrogens is 1370 g/mol. The van der Waals surface area contributed by atoms with Crippen molar-refractivity contribution in [3.63, 3.8) is 0 Å². The molecule has 42 nitrogen and oxygen atoms in total. The van der Waals surface area contributed by atoms with Crippen molar-refractivity contribution in [2.45, 2.75) is 159 Å². The maximum atomic E-state index is 12.7. The van der Waals surface area contributed by atoms with E-state index in [1.165, 1.54) is 13.3 Å². The van der Waals surface area contributed by atoms with Crippen LogP contribution in [0.1, 0.15) is 48.5 Å². The number of hydrogen-bond acceptors (Lipinski definition) is 31. The van der Waals surface area contributed by atoms with Crippen LogP contribution in [0.4, 0.5) is 0 Å². The molecule has 0 radical (unpaired) electrons. The minimum absolute atomic E-state index is 0. The maximum absolute atomic E-state index is 12.7. The molecule has 488 valence electrons. The molecule has 0 aromatic carbocycles. The van der Waals surface area contributed by atoms with Crippen LogP contribution in [-0.2, 0) is 113 Å². The maximum Gasteiger partial charge on any atom is 1.00 e. The number of rotatable bonds is 16. The van der Waals surface area contributed by atoms with Crippen LogP contribution in [0, 0.1) is 62.7 Å². The molecule has 0 aliphatic carbocycles. The van der Waals surface area contributed by atoms with Crippen LogP contribution in [0.15, 0.2) is 15.3 Å². The van der Waals surface area contributed by atoms with Crippen LogP contribution >= 0.6 is 0 Å². The van der Waals surface area contributed by atoms with Crippen molar-refractivity contribution >= 4 is 64.4 Å². The quantitative estimate of drug-likeness (QED) is 0.0140. The number of carboxylic acids is 1. The molecule has 0 amide bonds. The normalized spacial score (nSPS) is 35.9. The summed E-state index contributed by atoms with van der Waals surface area (Å²) in [7, 11) is -25.1. The molecular formula is C37H58N9Na5O33S5-4. The van der Waals surface area contributed by atoms with Crippen molar-refractivity contribution in [2.24, 2.45) is 50.9 Å². The van der Waals surface area contributed by atoms with Crippen LogP contribution < -0.4 is 148 Å². The van der Waals surface area contributed by atoms with Crippen LogP contribution in [0.3, 0.4) is 0 Å². The Morgan fingerprint density at radius 1 is 0.506 bits per heavy atom. The van der Waals surface area contributed by atoms with Crippen molar-refractivity contribution in [3.05, 3.63) is 58.5 Å². The number of ether oxygens (including phenoxy) is 10. The van der Waals surface area contributed by atoms with Gasteiger partial charge in [0.2, 0.25) is 58.3 Å². The Morgan fingerprint density at radius 2 is 0.944 bits per heavy atom. The van der Waals surface area contributed by atoms with E-state index in [4.69, 9.17) is 127 Å². The Labute approximate surface area is 622 Å². The minimum atomic E-state index is -5.46. The van der Waals surface area contributed by atoms with Gasteiger partial charge in [-0.05, 0) is 64.2 Å². The topological polar surface area (TPSA) is 669 Å². The predicted octanol–water partition coefficient (Wildman–Crippen LogP) is -15.1. The minimum Gasteiger partial charge on any atom is -0.726 e. The van der Waals surface area contributed by atoms with Crippen LogP contribution in [-0.4, -0.2) is 211 Å². The van der Waals surface area contributed by atoms with Crippen molar-refractivity contribution in [1.29, 1.82) is 0 Å². The number of hydrogen-bond donors (Lipinski definition) is 5. The van der Waals surface area contributed by atoms with Gasteiger partial charge in [-0.2, -0.15) is 0 Å². The number of carbonyl (C=O) groups excluding carboxylic acids is 1. The number of aliphatic carboxylic acids is 1. The first-order chi connectivity index (χ1) is 38.1. The van der Waals surface area contributed by atoms with Gasteiger partial charge in [-0.1, -0.05) is 70.1 Å². The zero-order valence-corrected chi connectivity index (χ0v) is 63.4. The zero-order chi connectivity index (χ0) is 65.4. The molecule has 10 unspecified atom stereocenters. The molecule has 0 aromatic heterocycles. The van der Waals surface area contributed by atoms with Crippen LogP contribution in [0.2, 0.25) is 0 Å². The van der Waals surface area contributed by atoms with Crippen molar-refractivity contribution < 1.29 is 297 Å². The SMILES string of the molecule is O=S(=O)([O-])O.O=S(=O)([O-])O.O=S(=O)([O-])O.O=S(=O)([O-])O.[CH2-]C1O[C@@H](O[C@H]2C(OC=O)O[C@@H](O[C@H]3C([CH2-])O[C@@H](C)C(N=[N+]=[N-])[C@H]3C)C(OS(=O)(=O)[O-])[C@H]2C)C(N=[N+]=[N-])[CH-][C@H]1O[C@@H]1OC(C(=O)O)[C@H](O[C@@H]2OC([CH2-])[C@H](C)[C@H](C)C2N=[N+]=[N-])[C@H](C)C1C.[Na+].[Na+].[Na+].[Na+].[Na+]. The smallest absolute Gasteiger partial charge is 0.726 e. The third-order valence-electron chi connectivity index (χ3n) is 12.8. The molecule has 0 spiro atoms. The fourth-order valence-electron chi connectivity index (χ4n) is 8.65. The molecule has 5 rings (SSSR count). The largest absolute Gasteiger partial charge is 1.00 e. The van der Waals surface area contributed by atoms with Gasteiger partial charge in [0.05, 0.1) is 24.3 Å². The Balaban J connectivity index is -0.000000815. The Morgan fingerprint density at radius 3 is 1.38 bits per heavy atom. The Kier molecular flexibility index (Phi) is 48.7. The Hall–Kier alpha value is 0.860. The van der Waals surface area contributed by atoms with Crippen LogP contribution in [0.5, 0.6) is 0 Å². The summed E-state index contributed by atoms with van der Waals surface area (Å²) >= 11 is 0. The molecule has 0 saturated carbocycles. The molecule has 5 aliphatic rings. The van der Waals surface area contributed by atoms with Gasteiger partial charge < -0.3 is 96.0 Å². The summed E-state index contributed by atoms with van der Waals surface area (Å²) in [6.07, 6.45) is -17.4. The first kappa shape index (κ1) is 98.5. The molecule has 24 atom stereocenters. The molecule has 5 N–H and O–H groups in total. The second-order valence-corrected chi connectivity index (χ2v) is 22.8. The fraction of sp³-hybridized carbons (Fsp3) is 0.838. The van der Waals surface area contributed by atoms with E-state index >= 15 is 0 Å². The third-order valence-corrected chi connectivity index (χ3v) is 13.2. The first-order valence-corrected chi connectivity index (χ1v) is 30.0. The summed E-state index contributed by atoms with van der Waals surface area (Å²) in [4.78, 5) is 33.1.